The molecule has 4 aliphatic rings. The summed E-state index contributed by atoms with van der Waals surface area (Å²) in [7, 11) is -3.31. The zero-order chi connectivity index (χ0) is 22.5. The van der Waals surface area contributed by atoms with E-state index >= 15 is 0 Å². The van der Waals surface area contributed by atoms with Gasteiger partial charge >= 0.3 is 0 Å². The molecule has 10 heteroatoms. The van der Waals surface area contributed by atoms with Crippen LogP contribution < -0.4 is 10.6 Å². The molecule has 2 N–H and O–H groups in total. The highest BCUT2D eigenvalue weighted by Crippen LogP contribution is 2.38. The van der Waals surface area contributed by atoms with Crippen molar-refractivity contribution in [2.45, 2.75) is 63.1 Å². The summed E-state index contributed by atoms with van der Waals surface area (Å²) in [5.74, 6) is -0.204. The average molecular weight is 481 g/mol. The molecule has 1 aromatic rings. The van der Waals surface area contributed by atoms with Crippen LogP contribution in [-0.4, -0.2) is 72.9 Å². The van der Waals surface area contributed by atoms with Crippen molar-refractivity contribution in [1.29, 1.82) is 0 Å². The number of rotatable bonds is 6. The summed E-state index contributed by atoms with van der Waals surface area (Å²) in [5, 5.41) is 6.10. The third kappa shape index (κ3) is 4.27. The molecular weight excluding hydrogens is 452 g/mol. The lowest BCUT2D eigenvalue weighted by molar-refractivity contribution is -0.115. The normalized spacial score (nSPS) is 28.0. The van der Waals surface area contributed by atoms with Crippen LogP contribution in [0.5, 0.6) is 0 Å². The first-order valence-corrected chi connectivity index (χ1v) is 13.5. The predicted octanol–water partition coefficient (Wildman–Crippen LogP) is 1.99. The van der Waals surface area contributed by atoms with Crippen LogP contribution in [0.2, 0.25) is 5.02 Å². The van der Waals surface area contributed by atoms with Gasteiger partial charge < -0.3 is 15.5 Å². The number of benzene rings is 1. The molecule has 3 saturated heterocycles. The van der Waals surface area contributed by atoms with E-state index in [4.69, 9.17) is 11.6 Å². The van der Waals surface area contributed by atoms with Gasteiger partial charge in [-0.1, -0.05) is 11.6 Å². The lowest BCUT2D eigenvalue weighted by Crippen LogP contribution is -2.53. The van der Waals surface area contributed by atoms with Gasteiger partial charge in [-0.25, -0.2) is 8.42 Å². The molecule has 4 heterocycles. The fourth-order valence-corrected chi connectivity index (χ4v) is 7.99. The number of likely N-dealkylation sites (tertiary alicyclic amines) is 1. The number of anilines is 1. The summed E-state index contributed by atoms with van der Waals surface area (Å²) >= 11 is 6.31. The molecule has 4 aliphatic heterocycles. The summed E-state index contributed by atoms with van der Waals surface area (Å²) in [4.78, 5) is 26.8. The minimum atomic E-state index is -3.31. The van der Waals surface area contributed by atoms with Gasteiger partial charge in [0.1, 0.15) is 0 Å². The minimum absolute atomic E-state index is 0.0556. The Morgan fingerprint density at radius 2 is 1.84 bits per heavy atom. The second-order valence-electron chi connectivity index (χ2n) is 9.44. The summed E-state index contributed by atoms with van der Waals surface area (Å²) in [6.07, 6.45) is 5.46. The molecule has 3 atom stereocenters. The quantitative estimate of drug-likeness (QED) is 0.648. The number of nitrogens with one attached hydrogen (secondary N) is 2. The van der Waals surface area contributed by atoms with E-state index in [1.165, 1.54) is 0 Å². The number of carbonyl (C=O) groups excluding carboxylic acids is 2. The molecule has 8 nitrogen and oxygen atoms in total. The zero-order valence-electron chi connectivity index (χ0n) is 18.0. The van der Waals surface area contributed by atoms with Crippen LogP contribution in [0.25, 0.3) is 0 Å². The molecule has 32 heavy (non-hydrogen) atoms. The van der Waals surface area contributed by atoms with Crippen molar-refractivity contribution in [3.05, 3.63) is 28.3 Å². The maximum atomic E-state index is 13.1. The molecule has 1 aromatic carbocycles. The summed E-state index contributed by atoms with van der Waals surface area (Å²) in [6.45, 7) is 2.59. The van der Waals surface area contributed by atoms with E-state index in [1.54, 1.807) is 16.4 Å². The molecule has 3 fully saturated rings. The summed E-state index contributed by atoms with van der Waals surface area (Å²) in [6, 6.07) is 3.10. The van der Waals surface area contributed by atoms with Crippen molar-refractivity contribution in [1.82, 2.24) is 14.5 Å². The van der Waals surface area contributed by atoms with Crippen LogP contribution in [0.3, 0.4) is 0 Å². The lowest BCUT2D eigenvalue weighted by atomic mass is 9.99. The third-order valence-electron chi connectivity index (χ3n) is 7.25. The number of hydrogen-bond acceptors (Lipinski definition) is 5. The van der Waals surface area contributed by atoms with Crippen LogP contribution >= 0.6 is 11.6 Å². The third-order valence-corrected chi connectivity index (χ3v) is 9.50. The number of nitrogens with zero attached hydrogens (tertiary/aromatic N) is 2. The van der Waals surface area contributed by atoms with Crippen molar-refractivity contribution in [3.63, 3.8) is 0 Å². The van der Waals surface area contributed by atoms with Crippen molar-refractivity contribution in [2.24, 2.45) is 0 Å². The fraction of sp³-hybridized carbons (Fsp3) is 0.636. The first kappa shape index (κ1) is 22.1. The molecule has 0 aliphatic carbocycles. The molecule has 0 unspecified atom stereocenters. The highest BCUT2D eigenvalue weighted by Gasteiger charge is 2.47. The van der Waals surface area contributed by atoms with Gasteiger partial charge in [0.15, 0.2) is 0 Å². The maximum Gasteiger partial charge on any atom is 0.253 e. The van der Waals surface area contributed by atoms with Crippen LogP contribution in [0.4, 0.5) is 5.69 Å². The number of sulfonamides is 1. The highest BCUT2D eigenvalue weighted by molar-refractivity contribution is 7.89. The number of piperidine rings is 1. The Kier molecular flexibility index (Phi) is 5.94. The van der Waals surface area contributed by atoms with Crippen LogP contribution in [0.1, 0.15) is 54.4 Å². The Hall–Kier alpha value is -1.68. The van der Waals surface area contributed by atoms with E-state index in [0.717, 1.165) is 44.3 Å². The van der Waals surface area contributed by atoms with Crippen LogP contribution in [-0.2, 0) is 21.2 Å². The Bertz CT molecular complexity index is 1030. The van der Waals surface area contributed by atoms with Gasteiger partial charge in [-0.15, -0.1) is 0 Å². The number of carbonyl (C=O) groups is 2. The van der Waals surface area contributed by atoms with Crippen molar-refractivity contribution in [2.75, 3.05) is 30.7 Å². The van der Waals surface area contributed by atoms with Gasteiger partial charge in [0.2, 0.25) is 15.9 Å². The van der Waals surface area contributed by atoms with E-state index in [2.05, 4.69) is 15.5 Å². The van der Waals surface area contributed by atoms with Crippen LogP contribution in [0, 0.1) is 0 Å². The first-order chi connectivity index (χ1) is 15.3. The molecule has 0 radical (unpaired) electrons. The predicted molar refractivity (Wildman–Crippen MR) is 122 cm³/mol. The van der Waals surface area contributed by atoms with Gasteiger partial charge in [-0.2, -0.15) is 4.31 Å². The van der Waals surface area contributed by atoms with Crippen molar-refractivity contribution < 1.29 is 18.0 Å². The molecule has 174 valence electrons. The highest BCUT2D eigenvalue weighted by atomic mass is 35.5. The molecular formula is C22H29ClN4O4S. The molecule has 5 rings (SSSR count). The SMILES string of the molecule is O=C1Cc2cc(C(=O)N[C@@H]3C[C@H]4CC[C@@H](C3)N4S(=O)(=O)CCN3CCCC3)c(Cl)cc2N1. The Balaban J connectivity index is 1.23. The molecule has 2 bridgehead atoms. The van der Waals surface area contributed by atoms with Gasteiger partial charge in [-0.05, 0) is 69.3 Å². The van der Waals surface area contributed by atoms with Gasteiger partial charge in [0.05, 0.1) is 22.8 Å². The van der Waals surface area contributed by atoms with E-state index in [0.29, 0.717) is 35.7 Å². The van der Waals surface area contributed by atoms with Gasteiger partial charge in [0, 0.05) is 30.4 Å². The Labute approximate surface area is 193 Å². The number of fused-ring (bicyclic) bond motifs is 3. The second-order valence-corrected chi connectivity index (χ2v) is 11.8. The lowest BCUT2D eigenvalue weighted by Gasteiger charge is -2.38. The molecule has 2 amide bonds. The number of halogens is 1. The first-order valence-electron chi connectivity index (χ1n) is 11.5. The fourth-order valence-electron chi connectivity index (χ4n) is 5.75. The van der Waals surface area contributed by atoms with Crippen LogP contribution in [0.15, 0.2) is 12.1 Å². The van der Waals surface area contributed by atoms with Gasteiger partial charge in [-0.3, -0.25) is 9.59 Å². The molecule has 0 aromatic heterocycles. The van der Waals surface area contributed by atoms with Crippen molar-refractivity contribution >= 4 is 39.1 Å². The second kappa shape index (κ2) is 8.59. The molecule has 0 saturated carbocycles. The van der Waals surface area contributed by atoms with E-state index in [-0.39, 0.29) is 42.1 Å². The number of amides is 2. The zero-order valence-corrected chi connectivity index (χ0v) is 19.6. The van der Waals surface area contributed by atoms with E-state index in [9.17, 15) is 18.0 Å². The minimum Gasteiger partial charge on any atom is -0.349 e. The Morgan fingerprint density at radius 3 is 2.53 bits per heavy atom. The average Bonchev–Trinajstić information content (AvgIpc) is 3.44. The monoisotopic (exact) mass is 480 g/mol. The maximum absolute atomic E-state index is 13.1. The van der Waals surface area contributed by atoms with Crippen molar-refractivity contribution in [3.8, 4) is 0 Å². The summed E-state index contributed by atoms with van der Waals surface area (Å²) in [5.41, 5.74) is 1.78. The smallest absolute Gasteiger partial charge is 0.253 e. The summed E-state index contributed by atoms with van der Waals surface area (Å²) < 4.78 is 27.9. The van der Waals surface area contributed by atoms with E-state index in [1.807, 2.05) is 0 Å². The Morgan fingerprint density at radius 1 is 1.16 bits per heavy atom. The number of hydrogen-bond donors (Lipinski definition) is 2. The van der Waals surface area contributed by atoms with Gasteiger partial charge in [0.25, 0.3) is 5.91 Å². The van der Waals surface area contributed by atoms with E-state index < -0.39 is 10.0 Å². The standard InChI is InChI=1S/C22H29ClN4O4S/c23-19-13-20-14(10-21(28)25-20)9-18(19)22(29)24-15-11-16-3-4-17(12-15)27(16)32(30,31)8-7-26-5-1-2-6-26/h9,13,15-17H,1-8,10-12H2,(H,24,29)(H,25,28)/t15-,16-,17+. The largest absolute Gasteiger partial charge is 0.349 e. The topological polar surface area (TPSA) is 98.8 Å². The molecule has 0 spiro atoms.